The summed E-state index contributed by atoms with van der Waals surface area (Å²) in [5.74, 6) is -0.819. The molecule has 1 rings (SSSR count). The molecule has 2 atom stereocenters. The number of para-hydroxylation sites is 1. The maximum absolute atomic E-state index is 12.0. The highest BCUT2D eigenvalue weighted by molar-refractivity contribution is 5.98. The summed E-state index contributed by atoms with van der Waals surface area (Å²) in [5, 5.41) is 23.2. The van der Waals surface area contributed by atoms with Crippen LogP contribution in [0.4, 0.5) is 5.69 Å². The SMILES string of the molecule is CCC(C)C(C)NC(=O)c1cccc([N+](=O)[O-])c1O. The van der Waals surface area contributed by atoms with E-state index in [9.17, 15) is 20.0 Å². The molecule has 6 nitrogen and oxygen atoms in total. The van der Waals surface area contributed by atoms with Gasteiger partial charge in [0.2, 0.25) is 5.75 Å². The number of amides is 1. The molecule has 2 unspecified atom stereocenters. The molecule has 104 valence electrons. The van der Waals surface area contributed by atoms with Gasteiger partial charge < -0.3 is 10.4 Å². The molecule has 19 heavy (non-hydrogen) atoms. The van der Waals surface area contributed by atoms with E-state index in [1.54, 1.807) is 0 Å². The fourth-order valence-corrected chi connectivity index (χ4v) is 1.64. The van der Waals surface area contributed by atoms with Crippen LogP contribution in [-0.2, 0) is 0 Å². The highest BCUT2D eigenvalue weighted by Crippen LogP contribution is 2.29. The van der Waals surface area contributed by atoms with E-state index >= 15 is 0 Å². The Bertz CT molecular complexity index is 488. The van der Waals surface area contributed by atoms with Crippen molar-refractivity contribution in [1.29, 1.82) is 0 Å². The minimum atomic E-state index is -0.718. The Morgan fingerprint density at radius 1 is 1.47 bits per heavy atom. The second-order valence-corrected chi connectivity index (χ2v) is 4.58. The van der Waals surface area contributed by atoms with Crippen LogP contribution < -0.4 is 5.32 Å². The molecule has 0 aliphatic heterocycles. The number of nitrogens with zero attached hydrogens (tertiary/aromatic N) is 1. The van der Waals surface area contributed by atoms with Crippen molar-refractivity contribution in [2.75, 3.05) is 0 Å². The number of phenolic OH excluding ortho intramolecular Hbond substituents is 1. The van der Waals surface area contributed by atoms with E-state index in [0.717, 1.165) is 12.5 Å². The number of aromatic hydroxyl groups is 1. The number of phenols is 1. The Morgan fingerprint density at radius 3 is 2.63 bits per heavy atom. The molecule has 0 spiro atoms. The lowest BCUT2D eigenvalue weighted by Gasteiger charge is -2.20. The minimum Gasteiger partial charge on any atom is -0.502 e. The number of nitro groups is 1. The summed E-state index contributed by atoms with van der Waals surface area (Å²) in [4.78, 5) is 21.9. The molecule has 6 heteroatoms. The van der Waals surface area contributed by atoms with Gasteiger partial charge in [-0.3, -0.25) is 14.9 Å². The largest absolute Gasteiger partial charge is 0.502 e. The quantitative estimate of drug-likeness (QED) is 0.632. The van der Waals surface area contributed by atoms with Crippen molar-refractivity contribution >= 4 is 11.6 Å². The predicted molar refractivity (Wildman–Crippen MR) is 71.1 cm³/mol. The number of nitrogens with one attached hydrogen (secondary N) is 1. The van der Waals surface area contributed by atoms with Crippen LogP contribution in [0.25, 0.3) is 0 Å². The van der Waals surface area contributed by atoms with Crippen LogP contribution in [0.3, 0.4) is 0 Å². The average molecular weight is 266 g/mol. The Hall–Kier alpha value is -2.11. The number of hydrogen-bond acceptors (Lipinski definition) is 4. The zero-order valence-electron chi connectivity index (χ0n) is 11.2. The third kappa shape index (κ3) is 3.43. The van der Waals surface area contributed by atoms with Gasteiger partial charge in [0.05, 0.1) is 10.5 Å². The molecular weight excluding hydrogens is 248 g/mol. The Kier molecular flexibility index (Phi) is 4.86. The van der Waals surface area contributed by atoms with E-state index in [0.29, 0.717) is 0 Å². The molecule has 0 saturated heterocycles. The number of carbonyl (C=O) groups excluding carboxylic acids is 1. The highest BCUT2D eigenvalue weighted by Gasteiger charge is 2.22. The van der Waals surface area contributed by atoms with Crippen molar-refractivity contribution in [1.82, 2.24) is 5.32 Å². The van der Waals surface area contributed by atoms with E-state index in [4.69, 9.17) is 0 Å². The Balaban J connectivity index is 2.95. The van der Waals surface area contributed by atoms with Crippen LogP contribution in [0, 0.1) is 16.0 Å². The van der Waals surface area contributed by atoms with E-state index in [1.165, 1.54) is 12.1 Å². The molecule has 0 radical (unpaired) electrons. The van der Waals surface area contributed by atoms with Crippen LogP contribution in [0.2, 0.25) is 0 Å². The van der Waals surface area contributed by atoms with Gasteiger partial charge in [0, 0.05) is 12.1 Å². The molecule has 1 aromatic carbocycles. The molecule has 0 bridgehead atoms. The second-order valence-electron chi connectivity index (χ2n) is 4.58. The molecule has 1 aromatic rings. The number of nitro benzene ring substituents is 1. The van der Waals surface area contributed by atoms with Gasteiger partial charge in [0.15, 0.2) is 0 Å². The first kappa shape index (κ1) is 14.9. The average Bonchev–Trinajstić information content (AvgIpc) is 2.37. The molecule has 0 heterocycles. The van der Waals surface area contributed by atoms with E-state index < -0.39 is 22.3 Å². The number of hydrogen-bond donors (Lipinski definition) is 2. The van der Waals surface area contributed by atoms with Gasteiger partial charge in [-0.25, -0.2) is 0 Å². The lowest BCUT2D eigenvalue weighted by atomic mass is 10.0. The summed E-state index contributed by atoms with van der Waals surface area (Å²) in [6.07, 6.45) is 0.905. The summed E-state index contributed by atoms with van der Waals surface area (Å²) in [6, 6.07) is 3.82. The monoisotopic (exact) mass is 266 g/mol. The first-order valence-electron chi connectivity index (χ1n) is 6.15. The normalized spacial score (nSPS) is 13.6. The molecular formula is C13H18N2O4. The number of carbonyl (C=O) groups is 1. The van der Waals surface area contributed by atoms with Crippen LogP contribution in [0.1, 0.15) is 37.6 Å². The van der Waals surface area contributed by atoms with Gasteiger partial charge in [-0.15, -0.1) is 0 Å². The smallest absolute Gasteiger partial charge is 0.311 e. The fraction of sp³-hybridized carbons (Fsp3) is 0.462. The molecule has 0 fully saturated rings. The summed E-state index contributed by atoms with van der Waals surface area (Å²) in [6.45, 7) is 5.87. The second kappa shape index (κ2) is 6.17. The highest BCUT2D eigenvalue weighted by atomic mass is 16.6. The van der Waals surface area contributed by atoms with Crippen molar-refractivity contribution < 1.29 is 14.8 Å². The predicted octanol–water partition coefficient (Wildman–Crippen LogP) is 2.46. The summed E-state index contributed by atoms with van der Waals surface area (Å²) >= 11 is 0. The van der Waals surface area contributed by atoms with E-state index in [-0.39, 0.29) is 17.5 Å². The first-order chi connectivity index (χ1) is 8.88. The topological polar surface area (TPSA) is 92.5 Å². The molecule has 0 aromatic heterocycles. The zero-order valence-corrected chi connectivity index (χ0v) is 11.2. The van der Waals surface area contributed by atoms with Gasteiger partial charge in [-0.2, -0.15) is 0 Å². The Morgan fingerprint density at radius 2 is 2.11 bits per heavy atom. The molecule has 2 N–H and O–H groups in total. The third-order valence-corrected chi connectivity index (χ3v) is 3.31. The van der Waals surface area contributed by atoms with Crippen molar-refractivity contribution in [2.45, 2.75) is 33.2 Å². The number of rotatable bonds is 5. The van der Waals surface area contributed by atoms with Gasteiger partial charge >= 0.3 is 5.69 Å². The van der Waals surface area contributed by atoms with Gasteiger partial charge in [-0.1, -0.05) is 26.3 Å². The lowest BCUT2D eigenvalue weighted by Crippen LogP contribution is -2.36. The van der Waals surface area contributed by atoms with Crippen molar-refractivity contribution in [3.05, 3.63) is 33.9 Å². The summed E-state index contributed by atoms with van der Waals surface area (Å²) in [5.41, 5.74) is -0.548. The summed E-state index contributed by atoms with van der Waals surface area (Å²) in [7, 11) is 0. The van der Waals surface area contributed by atoms with Crippen LogP contribution >= 0.6 is 0 Å². The van der Waals surface area contributed by atoms with Crippen LogP contribution in [0.5, 0.6) is 5.75 Å². The van der Waals surface area contributed by atoms with Gasteiger partial charge in [-0.05, 0) is 18.9 Å². The van der Waals surface area contributed by atoms with Crippen LogP contribution in [-0.4, -0.2) is 22.0 Å². The van der Waals surface area contributed by atoms with Crippen LogP contribution in [0.15, 0.2) is 18.2 Å². The lowest BCUT2D eigenvalue weighted by molar-refractivity contribution is -0.385. The van der Waals surface area contributed by atoms with Crippen molar-refractivity contribution in [3.8, 4) is 5.75 Å². The maximum atomic E-state index is 12.0. The third-order valence-electron chi connectivity index (χ3n) is 3.31. The standard InChI is InChI=1S/C13H18N2O4/c1-4-8(2)9(3)14-13(17)10-6-5-7-11(12(10)16)15(18)19/h5-9,16H,4H2,1-3H3,(H,14,17). The van der Waals surface area contributed by atoms with E-state index in [1.807, 2.05) is 20.8 Å². The van der Waals surface area contributed by atoms with Crippen molar-refractivity contribution in [3.63, 3.8) is 0 Å². The Labute approximate surface area is 111 Å². The van der Waals surface area contributed by atoms with Crippen molar-refractivity contribution in [2.24, 2.45) is 5.92 Å². The molecule has 0 saturated carbocycles. The maximum Gasteiger partial charge on any atom is 0.311 e. The zero-order chi connectivity index (χ0) is 14.6. The number of benzene rings is 1. The molecule has 1 amide bonds. The minimum absolute atomic E-state index is 0.0730. The molecule has 0 aliphatic carbocycles. The van der Waals surface area contributed by atoms with Gasteiger partial charge in [0.1, 0.15) is 0 Å². The first-order valence-corrected chi connectivity index (χ1v) is 6.15. The molecule has 0 aliphatic rings. The fourth-order valence-electron chi connectivity index (χ4n) is 1.64. The van der Waals surface area contributed by atoms with E-state index in [2.05, 4.69) is 5.32 Å². The summed E-state index contributed by atoms with van der Waals surface area (Å²) < 4.78 is 0. The van der Waals surface area contributed by atoms with Gasteiger partial charge in [0.25, 0.3) is 5.91 Å².